The molecule has 0 radical (unpaired) electrons. The zero-order valence-corrected chi connectivity index (χ0v) is 12.4. The van der Waals surface area contributed by atoms with Crippen LogP contribution in [0.15, 0.2) is 42.5 Å². The van der Waals surface area contributed by atoms with Gasteiger partial charge in [0.25, 0.3) is 11.6 Å². The van der Waals surface area contributed by atoms with Crippen LogP contribution in [-0.4, -0.2) is 22.8 Å². The van der Waals surface area contributed by atoms with Gasteiger partial charge in [0.05, 0.1) is 22.1 Å². The molecule has 0 aliphatic rings. The summed E-state index contributed by atoms with van der Waals surface area (Å²) in [5, 5.41) is 11.0. The molecule has 7 heteroatoms. The summed E-state index contributed by atoms with van der Waals surface area (Å²) in [6, 6.07) is 9.64. The van der Waals surface area contributed by atoms with Gasteiger partial charge in [-0.3, -0.25) is 14.9 Å². The zero-order chi connectivity index (χ0) is 16.3. The second-order valence-corrected chi connectivity index (χ2v) is 5.08. The van der Waals surface area contributed by atoms with Crippen molar-refractivity contribution in [3.8, 4) is 0 Å². The van der Waals surface area contributed by atoms with Crippen molar-refractivity contribution in [3.63, 3.8) is 0 Å². The van der Waals surface area contributed by atoms with Gasteiger partial charge in [0.2, 0.25) is 0 Å². The van der Waals surface area contributed by atoms with Crippen LogP contribution in [0.2, 0.25) is 5.02 Å². The van der Waals surface area contributed by atoms with Gasteiger partial charge in [0.1, 0.15) is 5.82 Å². The maximum Gasteiger partial charge on any atom is 0.274 e. The maximum absolute atomic E-state index is 13.0. The summed E-state index contributed by atoms with van der Waals surface area (Å²) in [5.41, 5.74) is 0.484. The predicted octanol–water partition coefficient (Wildman–Crippen LogP) is 3.66. The van der Waals surface area contributed by atoms with Crippen molar-refractivity contribution < 1.29 is 14.1 Å². The number of halogens is 2. The second kappa shape index (κ2) is 6.53. The fraction of sp³-hybridized carbons (Fsp3) is 0.133. The Labute approximate surface area is 131 Å². The highest BCUT2D eigenvalue weighted by Gasteiger charge is 2.19. The third-order valence-corrected chi connectivity index (χ3v) is 3.42. The lowest BCUT2D eigenvalue weighted by atomic mass is 10.1. The molecule has 1 amide bonds. The molecule has 0 fully saturated rings. The summed E-state index contributed by atoms with van der Waals surface area (Å²) < 4.78 is 13.0. The molecule has 22 heavy (non-hydrogen) atoms. The molecule has 0 saturated carbocycles. The van der Waals surface area contributed by atoms with Crippen molar-refractivity contribution in [1.29, 1.82) is 0 Å². The van der Waals surface area contributed by atoms with Gasteiger partial charge in [0, 0.05) is 18.7 Å². The molecule has 0 spiro atoms. The Hall–Kier alpha value is -2.47. The molecular weight excluding hydrogens is 311 g/mol. The van der Waals surface area contributed by atoms with Crippen LogP contribution in [-0.2, 0) is 6.54 Å². The topological polar surface area (TPSA) is 63.4 Å². The van der Waals surface area contributed by atoms with E-state index in [0.717, 1.165) is 12.1 Å². The molecule has 2 aromatic rings. The van der Waals surface area contributed by atoms with Crippen molar-refractivity contribution in [3.05, 3.63) is 74.5 Å². The normalized spacial score (nSPS) is 10.3. The van der Waals surface area contributed by atoms with E-state index in [0.29, 0.717) is 5.56 Å². The Morgan fingerprint density at radius 1 is 1.32 bits per heavy atom. The highest BCUT2D eigenvalue weighted by molar-refractivity contribution is 6.33. The highest BCUT2D eigenvalue weighted by atomic mass is 35.5. The van der Waals surface area contributed by atoms with Crippen molar-refractivity contribution in [2.75, 3.05) is 7.05 Å². The number of para-hydroxylation sites is 1. The van der Waals surface area contributed by atoms with E-state index in [2.05, 4.69) is 0 Å². The summed E-state index contributed by atoms with van der Waals surface area (Å²) in [5.74, 6) is -0.981. The van der Waals surface area contributed by atoms with Gasteiger partial charge in [-0.1, -0.05) is 29.8 Å². The molecule has 0 aliphatic carbocycles. The van der Waals surface area contributed by atoms with Crippen LogP contribution < -0.4 is 0 Å². The Bertz CT molecular complexity index is 736. The minimum Gasteiger partial charge on any atom is -0.337 e. The monoisotopic (exact) mass is 322 g/mol. The van der Waals surface area contributed by atoms with E-state index in [9.17, 15) is 19.3 Å². The maximum atomic E-state index is 13.0. The van der Waals surface area contributed by atoms with E-state index in [-0.39, 0.29) is 22.8 Å². The van der Waals surface area contributed by atoms with E-state index in [1.54, 1.807) is 18.2 Å². The number of hydrogen-bond donors (Lipinski definition) is 0. The van der Waals surface area contributed by atoms with Crippen LogP contribution in [0, 0.1) is 15.9 Å². The zero-order valence-electron chi connectivity index (χ0n) is 11.6. The van der Waals surface area contributed by atoms with Crippen molar-refractivity contribution in [2.24, 2.45) is 0 Å². The first kappa shape index (κ1) is 15.9. The molecule has 114 valence electrons. The first-order valence-electron chi connectivity index (χ1n) is 6.33. The summed E-state index contributed by atoms with van der Waals surface area (Å²) >= 11 is 5.86. The number of carbonyl (C=O) groups is 1. The number of nitro benzene ring substituents is 1. The fourth-order valence-corrected chi connectivity index (χ4v) is 2.27. The van der Waals surface area contributed by atoms with Crippen molar-refractivity contribution in [2.45, 2.75) is 6.54 Å². The molecule has 2 rings (SSSR count). The van der Waals surface area contributed by atoms with E-state index < -0.39 is 16.6 Å². The summed E-state index contributed by atoms with van der Waals surface area (Å²) in [6.07, 6.45) is 0. The molecular formula is C15H12ClFN2O3. The molecule has 0 heterocycles. The first-order valence-corrected chi connectivity index (χ1v) is 6.70. The summed E-state index contributed by atoms with van der Waals surface area (Å²) in [4.78, 5) is 24.1. The van der Waals surface area contributed by atoms with Crippen LogP contribution in [0.4, 0.5) is 10.1 Å². The molecule has 0 saturated heterocycles. The summed E-state index contributed by atoms with van der Waals surface area (Å²) in [6.45, 7) is 0.0453. The number of benzene rings is 2. The lowest BCUT2D eigenvalue weighted by Crippen LogP contribution is -2.26. The molecule has 0 aromatic heterocycles. The van der Waals surface area contributed by atoms with Gasteiger partial charge in [-0.15, -0.1) is 0 Å². The number of nitrogens with zero attached hydrogens (tertiary/aromatic N) is 2. The SMILES string of the molecule is CN(Cc1ccccc1[N+](=O)[O-])C(=O)c1ccc(F)cc1Cl. The number of carbonyl (C=O) groups excluding carboxylic acids is 1. The number of rotatable bonds is 4. The minimum absolute atomic E-state index is 0.000545. The number of amides is 1. The smallest absolute Gasteiger partial charge is 0.274 e. The molecule has 0 atom stereocenters. The highest BCUT2D eigenvalue weighted by Crippen LogP contribution is 2.22. The third kappa shape index (κ3) is 3.40. The molecule has 2 aromatic carbocycles. The quantitative estimate of drug-likeness (QED) is 0.637. The predicted molar refractivity (Wildman–Crippen MR) is 80.3 cm³/mol. The molecule has 5 nitrogen and oxygen atoms in total. The van der Waals surface area contributed by atoms with E-state index in [1.165, 1.54) is 24.1 Å². The van der Waals surface area contributed by atoms with E-state index in [4.69, 9.17) is 11.6 Å². The van der Waals surface area contributed by atoms with Gasteiger partial charge in [-0.05, 0) is 18.2 Å². The van der Waals surface area contributed by atoms with Crippen LogP contribution in [0.3, 0.4) is 0 Å². The van der Waals surface area contributed by atoms with Crippen LogP contribution in [0.25, 0.3) is 0 Å². The van der Waals surface area contributed by atoms with Crippen LogP contribution in [0.5, 0.6) is 0 Å². The van der Waals surface area contributed by atoms with Crippen LogP contribution in [0.1, 0.15) is 15.9 Å². The minimum atomic E-state index is -0.539. The lowest BCUT2D eigenvalue weighted by molar-refractivity contribution is -0.385. The van der Waals surface area contributed by atoms with Gasteiger partial charge < -0.3 is 4.90 Å². The van der Waals surface area contributed by atoms with E-state index >= 15 is 0 Å². The first-order chi connectivity index (χ1) is 10.4. The largest absolute Gasteiger partial charge is 0.337 e. The van der Waals surface area contributed by atoms with Crippen LogP contribution >= 0.6 is 11.6 Å². The number of nitro groups is 1. The third-order valence-electron chi connectivity index (χ3n) is 3.10. The van der Waals surface area contributed by atoms with Crippen molar-refractivity contribution >= 4 is 23.2 Å². The fourth-order valence-electron chi connectivity index (χ4n) is 2.02. The van der Waals surface area contributed by atoms with Gasteiger partial charge >= 0.3 is 0 Å². The average Bonchev–Trinajstić information content (AvgIpc) is 2.47. The van der Waals surface area contributed by atoms with Gasteiger partial charge in [-0.25, -0.2) is 4.39 Å². The van der Waals surface area contributed by atoms with Gasteiger partial charge in [-0.2, -0.15) is 0 Å². The Morgan fingerprint density at radius 3 is 2.64 bits per heavy atom. The molecule has 0 unspecified atom stereocenters. The second-order valence-electron chi connectivity index (χ2n) is 4.67. The number of hydrogen-bond acceptors (Lipinski definition) is 3. The Balaban J connectivity index is 2.24. The lowest BCUT2D eigenvalue weighted by Gasteiger charge is -2.18. The Morgan fingerprint density at radius 2 is 2.00 bits per heavy atom. The average molecular weight is 323 g/mol. The van der Waals surface area contributed by atoms with Crippen molar-refractivity contribution in [1.82, 2.24) is 4.90 Å². The standard InChI is InChI=1S/C15H12ClFN2O3/c1-18(9-10-4-2-3-5-14(10)19(21)22)15(20)12-7-6-11(17)8-13(12)16/h2-8H,9H2,1H3. The summed E-state index contributed by atoms with van der Waals surface area (Å²) in [7, 11) is 1.50. The molecule has 0 aliphatic heterocycles. The Kier molecular flexibility index (Phi) is 4.72. The van der Waals surface area contributed by atoms with E-state index in [1.807, 2.05) is 0 Å². The van der Waals surface area contributed by atoms with Gasteiger partial charge in [0.15, 0.2) is 0 Å². The molecule has 0 N–H and O–H groups in total. The molecule has 0 bridgehead atoms.